The van der Waals surface area contributed by atoms with Crippen LogP contribution in [-0.2, 0) is 0 Å². The first-order valence-corrected chi connectivity index (χ1v) is 7.19. The van der Waals surface area contributed by atoms with Gasteiger partial charge in [0.15, 0.2) is 0 Å². The molecule has 0 saturated heterocycles. The fourth-order valence-corrected chi connectivity index (χ4v) is 3.41. The Morgan fingerprint density at radius 3 is 2.46 bits per heavy atom. The molecule has 0 bridgehead atoms. The molecular weight excluding hydrogens is 200 g/mol. The van der Waals surface area contributed by atoms with E-state index in [4.69, 9.17) is 11.6 Å². The molecule has 1 fully saturated rings. The summed E-state index contributed by atoms with van der Waals surface area (Å²) in [6.45, 7) is 0. The van der Waals surface area contributed by atoms with Gasteiger partial charge in [0.05, 0.1) is 0 Å². The van der Waals surface area contributed by atoms with Crippen LogP contribution in [0.2, 0.25) is 0 Å². The first-order chi connectivity index (χ1) is 6.43. The maximum atomic E-state index is 5.62. The van der Waals surface area contributed by atoms with Crippen molar-refractivity contribution in [1.29, 1.82) is 0 Å². The Morgan fingerprint density at radius 2 is 1.77 bits per heavy atom. The second kappa shape index (κ2) is 7.99. The Labute approximate surface area is 91.8 Å². The van der Waals surface area contributed by atoms with E-state index in [1.54, 1.807) is 0 Å². The number of alkyl halides is 1. The summed E-state index contributed by atoms with van der Waals surface area (Å²) in [5.74, 6) is 2.20. The molecule has 0 nitrogen and oxygen atoms in total. The smallest absolute Gasteiger partial charge is 0.0223 e. The first kappa shape index (κ1) is 11.7. The molecule has 0 aromatic heterocycles. The van der Waals surface area contributed by atoms with Crippen LogP contribution in [0.25, 0.3) is 0 Å². The Hall–Kier alpha value is 0.640. The summed E-state index contributed by atoms with van der Waals surface area (Å²) in [4.78, 5) is 0. The van der Waals surface area contributed by atoms with Crippen LogP contribution in [0.5, 0.6) is 0 Å². The Balaban J connectivity index is 1.86. The summed E-state index contributed by atoms with van der Waals surface area (Å²) in [6.07, 6.45) is 11.3. The van der Waals surface area contributed by atoms with Crippen LogP contribution in [0, 0.1) is 0 Å². The lowest BCUT2D eigenvalue weighted by molar-refractivity contribution is 0.516. The van der Waals surface area contributed by atoms with Gasteiger partial charge in [0, 0.05) is 11.1 Å². The van der Waals surface area contributed by atoms with E-state index < -0.39 is 0 Å². The van der Waals surface area contributed by atoms with Crippen molar-refractivity contribution in [3.8, 4) is 0 Å². The van der Waals surface area contributed by atoms with Crippen LogP contribution in [-0.4, -0.2) is 16.9 Å². The van der Waals surface area contributed by atoms with Gasteiger partial charge in [0.25, 0.3) is 0 Å². The van der Waals surface area contributed by atoms with Gasteiger partial charge in [-0.25, -0.2) is 0 Å². The molecule has 2 heteroatoms. The molecule has 0 aromatic rings. The maximum Gasteiger partial charge on any atom is 0.0223 e. The lowest BCUT2D eigenvalue weighted by Crippen LogP contribution is -2.08. The second-order valence-corrected chi connectivity index (χ2v) is 5.67. The molecule has 1 aliphatic rings. The molecule has 0 spiro atoms. The third-order valence-electron chi connectivity index (χ3n) is 2.68. The van der Waals surface area contributed by atoms with E-state index >= 15 is 0 Å². The first-order valence-electron chi connectivity index (χ1n) is 5.61. The number of thioether (sulfide) groups is 1. The molecule has 78 valence electrons. The van der Waals surface area contributed by atoms with Gasteiger partial charge in [-0.15, -0.1) is 11.6 Å². The Kier molecular flexibility index (Phi) is 7.20. The van der Waals surface area contributed by atoms with Gasteiger partial charge in [-0.3, -0.25) is 0 Å². The third kappa shape index (κ3) is 5.85. The summed E-state index contributed by atoms with van der Waals surface area (Å²) in [5, 5.41) is 0.991. The van der Waals surface area contributed by atoms with E-state index in [9.17, 15) is 0 Å². The predicted molar refractivity (Wildman–Crippen MR) is 63.9 cm³/mol. The van der Waals surface area contributed by atoms with E-state index in [-0.39, 0.29) is 0 Å². The molecule has 0 amide bonds. The number of hydrogen-bond donors (Lipinski definition) is 0. The van der Waals surface area contributed by atoms with Crippen LogP contribution in [0.3, 0.4) is 0 Å². The molecule has 1 saturated carbocycles. The van der Waals surface area contributed by atoms with Crippen molar-refractivity contribution < 1.29 is 0 Å². The number of rotatable bonds is 6. The topological polar surface area (TPSA) is 0 Å². The molecule has 0 heterocycles. The summed E-state index contributed by atoms with van der Waals surface area (Å²) < 4.78 is 0. The van der Waals surface area contributed by atoms with Gasteiger partial charge in [0.1, 0.15) is 0 Å². The normalized spacial score (nSPS) is 19.2. The minimum atomic E-state index is 0.841. The van der Waals surface area contributed by atoms with Crippen LogP contribution < -0.4 is 0 Å². The molecular formula is C11H21ClS. The summed E-state index contributed by atoms with van der Waals surface area (Å²) >= 11 is 7.83. The lowest BCUT2D eigenvalue weighted by Gasteiger charge is -2.20. The summed E-state index contributed by atoms with van der Waals surface area (Å²) in [7, 11) is 0. The largest absolute Gasteiger partial charge is 0.159 e. The van der Waals surface area contributed by atoms with E-state index in [2.05, 4.69) is 11.8 Å². The zero-order chi connectivity index (χ0) is 9.36. The van der Waals surface area contributed by atoms with Crippen molar-refractivity contribution in [3.63, 3.8) is 0 Å². The SMILES string of the molecule is ClCCCCCSC1CCCCC1. The highest BCUT2D eigenvalue weighted by Gasteiger charge is 2.12. The fourth-order valence-electron chi connectivity index (χ4n) is 1.86. The van der Waals surface area contributed by atoms with Gasteiger partial charge < -0.3 is 0 Å². The van der Waals surface area contributed by atoms with Crippen LogP contribution in [0.15, 0.2) is 0 Å². The molecule has 1 aliphatic carbocycles. The Bertz CT molecular complexity index is 111. The van der Waals surface area contributed by atoms with Gasteiger partial charge in [-0.2, -0.15) is 11.8 Å². The zero-order valence-electron chi connectivity index (χ0n) is 8.43. The van der Waals surface area contributed by atoms with E-state index in [0.717, 1.165) is 11.1 Å². The quantitative estimate of drug-likeness (QED) is 0.471. The van der Waals surface area contributed by atoms with Crippen LogP contribution in [0.4, 0.5) is 0 Å². The zero-order valence-corrected chi connectivity index (χ0v) is 10.0. The molecule has 0 aromatic carbocycles. The highest BCUT2D eigenvalue weighted by molar-refractivity contribution is 7.99. The summed E-state index contributed by atoms with van der Waals surface area (Å²) in [6, 6.07) is 0. The number of halogens is 1. The van der Waals surface area contributed by atoms with Gasteiger partial charge in [0.2, 0.25) is 0 Å². The van der Waals surface area contributed by atoms with Crippen LogP contribution >= 0.6 is 23.4 Å². The van der Waals surface area contributed by atoms with Gasteiger partial charge in [-0.1, -0.05) is 25.7 Å². The minimum Gasteiger partial charge on any atom is -0.159 e. The van der Waals surface area contributed by atoms with Crippen molar-refractivity contribution in [2.24, 2.45) is 0 Å². The fraction of sp³-hybridized carbons (Fsp3) is 1.00. The van der Waals surface area contributed by atoms with Gasteiger partial charge >= 0.3 is 0 Å². The lowest BCUT2D eigenvalue weighted by atomic mass is 10.0. The number of unbranched alkanes of at least 4 members (excludes halogenated alkanes) is 2. The van der Waals surface area contributed by atoms with E-state index in [1.165, 1.54) is 57.1 Å². The highest BCUT2D eigenvalue weighted by Crippen LogP contribution is 2.28. The van der Waals surface area contributed by atoms with Crippen molar-refractivity contribution >= 4 is 23.4 Å². The number of hydrogen-bond acceptors (Lipinski definition) is 1. The van der Waals surface area contributed by atoms with Crippen molar-refractivity contribution in [1.82, 2.24) is 0 Å². The van der Waals surface area contributed by atoms with Crippen LogP contribution in [0.1, 0.15) is 51.4 Å². The van der Waals surface area contributed by atoms with Crippen molar-refractivity contribution in [2.45, 2.75) is 56.6 Å². The molecule has 0 aliphatic heterocycles. The standard InChI is InChI=1S/C11H21ClS/c12-9-5-2-6-10-13-11-7-3-1-4-8-11/h11H,1-10H2. The molecule has 1 rings (SSSR count). The molecule has 13 heavy (non-hydrogen) atoms. The second-order valence-electron chi connectivity index (χ2n) is 3.88. The van der Waals surface area contributed by atoms with Crippen molar-refractivity contribution in [2.75, 3.05) is 11.6 Å². The minimum absolute atomic E-state index is 0.841. The molecule has 0 unspecified atom stereocenters. The molecule has 0 N–H and O–H groups in total. The predicted octanol–water partition coefficient (Wildman–Crippen LogP) is 4.46. The van der Waals surface area contributed by atoms with Gasteiger partial charge in [-0.05, 0) is 31.4 Å². The maximum absolute atomic E-state index is 5.62. The van der Waals surface area contributed by atoms with E-state index in [1.807, 2.05) is 0 Å². The monoisotopic (exact) mass is 220 g/mol. The highest BCUT2D eigenvalue weighted by atomic mass is 35.5. The average molecular weight is 221 g/mol. The molecule has 0 atom stereocenters. The average Bonchev–Trinajstić information content (AvgIpc) is 2.19. The Morgan fingerprint density at radius 1 is 1.00 bits per heavy atom. The summed E-state index contributed by atoms with van der Waals surface area (Å²) in [5.41, 5.74) is 0. The molecule has 0 radical (unpaired) electrons. The third-order valence-corrected chi connectivity index (χ3v) is 4.42. The van der Waals surface area contributed by atoms with Crippen molar-refractivity contribution in [3.05, 3.63) is 0 Å². The van der Waals surface area contributed by atoms with E-state index in [0.29, 0.717) is 0 Å².